The molecule has 3 amide bonds. The molecule has 1 aliphatic rings. The molecule has 31 heavy (non-hydrogen) atoms. The number of rotatable bonds is 4. The molecule has 5 nitrogen and oxygen atoms in total. The molecule has 5 rings (SSSR count). The number of halogens is 1. The van der Waals surface area contributed by atoms with Gasteiger partial charge in [-0.1, -0.05) is 60.1 Å². The SMILES string of the molecule is O=C1N/C(=C/c2cn(Cc3ccc(Cl)cc3)c3ccccc23)C(=O)N1c1ccccc1. The average molecular weight is 428 g/mol. The lowest BCUT2D eigenvalue weighted by atomic mass is 10.1. The summed E-state index contributed by atoms with van der Waals surface area (Å²) in [6.45, 7) is 0.664. The molecule has 6 heteroatoms. The number of hydrogen-bond donors (Lipinski definition) is 1. The molecule has 0 atom stereocenters. The Hall–Kier alpha value is -3.83. The van der Waals surface area contributed by atoms with Crippen molar-refractivity contribution in [3.05, 3.63) is 107 Å². The number of amides is 3. The van der Waals surface area contributed by atoms with Crippen molar-refractivity contribution in [2.45, 2.75) is 6.54 Å². The van der Waals surface area contributed by atoms with Crippen molar-refractivity contribution in [1.82, 2.24) is 9.88 Å². The van der Waals surface area contributed by atoms with E-state index in [1.165, 1.54) is 0 Å². The van der Waals surface area contributed by atoms with E-state index in [9.17, 15) is 9.59 Å². The van der Waals surface area contributed by atoms with Gasteiger partial charge >= 0.3 is 6.03 Å². The van der Waals surface area contributed by atoms with Gasteiger partial charge in [-0.2, -0.15) is 0 Å². The van der Waals surface area contributed by atoms with Gasteiger partial charge in [-0.25, -0.2) is 9.69 Å². The Morgan fingerprint density at radius 3 is 2.35 bits per heavy atom. The highest BCUT2D eigenvalue weighted by atomic mass is 35.5. The minimum atomic E-state index is -0.452. The molecular formula is C25H18ClN3O2. The summed E-state index contributed by atoms with van der Waals surface area (Å²) in [7, 11) is 0. The maximum Gasteiger partial charge on any atom is 0.333 e. The van der Waals surface area contributed by atoms with Gasteiger partial charge in [0.1, 0.15) is 5.70 Å². The highest BCUT2D eigenvalue weighted by Crippen LogP contribution is 2.27. The Morgan fingerprint density at radius 1 is 0.871 bits per heavy atom. The highest BCUT2D eigenvalue weighted by Gasteiger charge is 2.34. The first kappa shape index (κ1) is 19.2. The van der Waals surface area contributed by atoms with Crippen molar-refractivity contribution in [3.63, 3.8) is 0 Å². The Labute approximate surface area is 184 Å². The minimum Gasteiger partial charge on any atom is -0.342 e. The van der Waals surface area contributed by atoms with E-state index >= 15 is 0 Å². The van der Waals surface area contributed by atoms with Crippen LogP contribution < -0.4 is 10.2 Å². The molecule has 3 aromatic carbocycles. The molecule has 1 saturated heterocycles. The summed E-state index contributed by atoms with van der Waals surface area (Å²) in [6, 6.07) is 24.2. The average Bonchev–Trinajstić information content (AvgIpc) is 3.27. The van der Waals surface area contributed by atoms with E-state index in [4.69, 9.17) is 11.6 Å². The zero-order valence-electron chi connectivity index (χ0n) is 16.5. The number of nitrogens with one attached hydrogen (secondary N) is 1. The van der Waals surface area contributed by atoms with E-state index < -0.39 is 6.03 Å². The summed E-state index contributed by atoms with van der Waals surface area (Å²) >= 11 is 6.01. The minimum absolute atomic E-state index is 0.253. The van der Waals surface area contributed by atoms with E-state index in [-0.39, 0.29) is 11.6 Å². The Balaban J connectivity index is 1.52. The first-order valence-electron chi connectivity index (χ1n) is 9.85. The van der Waals surface area contributed by atoms with Gasteiger partial charge in [-0.05, 0) is 42.0 Å². The van der Waals surface area contributed by atoms with Crippen LogP contribution in [-0.4, -0.2) is 16.5 Å². The number of benzene rings is 3. The summed E-state index contributed by atoms with van der Waals surface area (Å²) in [5, 5.41) is 4.41. The maximum absolute atomic E-state index is 12.9. The van der Waals surface area contributed by atoms with Gasteiger partial charge in [0.2, 0.25) is 0 Å². The van der Waals surface area contributed by atoms with Crippen molar-refractivity contribution in [3.8, 4) is 0 Å². The molecule has 0 spiro atoms. The van der Waals surface area contributed by atoms with Crippen molar-refractivity contribution in [2.75, 3.05) is 4.90 Å². The predicted octanol–water partition coefficient (Wildman–Crippen LogP) is 5.44. The van der Waals surface area contributed by atoms with Gasteiger partial charge in [-0.15, -0.1) is 0 Å². The number of aromatic nitrogens is 1. The summed E-state index contributed by atoms with van der Waals surface area (Å²) in [5.74, 6) is -0.370. The number of urea groups is 1. The van der Waals surface area contributed by atoms with Crippen LogP contribution in [0.1, 0.15) is 11.1 Å². The number of carbonyl (C=O) groups excluding carboxylic acids is 2. The number of nitrogens with zero attached hydrogens (tertiary/aromatic N) is 2. The van der Waals surface area contributed by atoms with Gasteiger partial charge in [0, 0.05) is 34.2 Å². The van der Waals surface area contributed by atoms with E-state index in [2.05, 4.69) is 9.88 Å². The first-order chi connectivity index (χ1) is 15.1. The second kappa shape index (κ2) is 7.78. The van der Waals surface area contributed by atoms with Crippen LogP contribution >= 0.6 is 11.6 Å². The predicted molar refractivity (Wildman–Crippen MR) is 123 cm³/mol. The molecule has 1 aliphatic heterocycles. The second-order valence-electron chi connectivity index (χ2n) is 7.32. The summed E-state index contributed by atoms with van der Waals surface area (Å²) < 4.78 is 2.13. The number of carbonyl (C=O) groups is 2. The highest BCUT2D eigenvalue weighted by molar-refractivity contribution is 6.30. The van der Waals surface area contributed by atoms with Crippen molar-refractivity contribution >= 4 is 46.2 Å². The molecule has 0 unspecified atom stereocenters. The van der Waals surface area contributed by atoms with Crippen LogP contribution in [0.15, 0.2) is 90.8 Å². The lowest BCUT2D eigenvalue weighted by Crippen LogP contribution is -2.30. The molecule has 152 valence electrons. The first-order valence-corrected chi connectivity index (χ1v) is 10.2. The Morgan fingerprint density at radius 2 is 1.58 bits per heavy atom. The third-order valence-corrected chi connectivity index (χ3v) is 5.53. The molecule has 1 N–H and O–H groups in total. The van der Waals surface area contributed by atoms with Crippen LogP contribution in [-0.2, 0) is 11.3 Å². The monoisotopic (exact) mass is 427 g/mol. The topological polar surface area (TPSA) is 54.3 Å². The van der Waals surface area contributed by atoms with Gasteiger partial charge in [0.15, 0.2) is 0 Å². The zero-order chi connectivity index (χ0) is 21.4. The molecule has 0 aliphatic carbocycles. The van der Waals surface area contributed by atoms with Crippen LogP contribution in [0.4, 0.5) is 10.5 Å². The summed E-state index contributed by atoms with van der Waals surface area (Å²) in [5.41, 5.74) is 3.82. The molecule has 0 radical (unpaired) electrons. The third kappa shape index (κ3) is 3.60. The number of hydrogen-bond acceptors (Lipinski definition) is 2. The summed E-state index contributed by atoms with van der Waals surface area (Å²) in [4.78, 5) is 26.6. The fraction of sp³-hybridized carbons (Fsp3) is 0.0400. The van der Waals surface area contributed by atoms with E-state index in [0.717, 1.165) is 26.9 Å². The van der Waals surface area contributed by atoms with Gasteiger partial charge < -0.3 is 9.88 Å². The van der Waals surface area contributed by atoms with Gasteiger partial charge in [0.05, 0.1) is 5.69 Å². The second-order valence-corrected chi connectivity index (χ2v) is 7.76. The van der Waals surface area contributed by atoms with E-state index in [1.807, 2.05) is 60.8 Å². The van der Waals surface area contributed by atoms with E-state index in [1.54, 1.807) is 30.3 Å². The molecular weight excluding hydrogens is 410 g/mol. The summed E-state index contributed by atoms with van der Waals surface area (Å²) in [6.07, 6.45) is 3.74. The Kier molecular flexibility index (Phi) is 4.81. The number of para-hydroxylation sites is 2. The zero-order valence-corrected chi connectivity index (χ0v) is 17.2. The normalized spacial score (nSPS) is 15.1. The van der Waals surface area contributed by atoms with Crippen LogP contribution in [0, 0.1) is 0 Å². The molecule has 0 saturated carbocycles. The molecule has 1 fully saturated rings. The maximum atomic E-state index is 12.9. The Bertz CT molecular complexity index is 1320. The molecule has 2 heterocycles. The number of imide groups is 1. The molecule has 4 aromatic rings. The van der Waals surface area contributed by atoms with Crippen molar-refractivity contribution < 1.29 is 9.59 Å². The van der Waals surface area contributed by atoms with Crippen LogP contribution in [0.2, 0.25) is 5.02 Å². The third-order valence-electron chi connectivity index (χ3n) is 5.28. The molecule has 0 bridgehead atoms. The standard InChI is InChI=1S/C25H18ClN3O2/c26-19-12-10-17(11-13-19)15-28-16-18(21-8-4-5-9-23(21)28)14-22-24(30)29(25(31)27-22)20-6-2-1-3-7-20/h1-14,16H,15H2,(H,27,31)/b22-14+. The number of fused-ring (bicyclic) bond motifs is 1. The fourth-order valence-corrected chi connectivity index (χ4v) is 3.94. The quantitative estimate of drug-likeness (QED) is 0.348. The lowest BCUT2D eigenvalue weighted by Gasteiger charge is -2.10. The van der Waals surface area contributed by atoms with Crippen LogP contribution in [0.25, 0.3) is 17.0 Å². The van der Waals surface area contributed by atoms with E-state index in [0.29, 0.717) is 17.3 Å². The van der Waals surface area contributed by atoms with Gasteiger partial charge in [0.25, 0.3) is 5.91 Å². The van der Waals surface area contributed by atoms with Crippen LogP contribution in [0.3, 0.4) is 0 Å². The van der Waals surface area contributed by atoms with Gasteiger partial charge in [-0.3, -0.25) is 4.79 Å². The largest absolute Gasteiger partial charge is 0.342 e. The smallest absolute Gasteiger partial charge is 0.333 e. The van der Waals surface area contributed by atoms with Crippen molar-refractivity contribution in [2.24, 2.45) is 0 Å². The fourth-order valence-electron chi connectivity index (χ4n) is 3.81. The lowest BCUT2D eigenvalue weighted by molar-refractivity contribution is -0.113. The number of anilines is 1. The molecule has 1 aromatic heterocycles. The van der Waals surface area contributed by atoms with Crippen molar-refractivity contribution in [1.29, 1.82) is 0 Å². The van der Waals surface area contributed by atoms with Crippen LogP contribution in [0.5, 0.6) is 0 Å².